The number of carbonyl (C=O) groups excluding carboxylic acids is 2. The number of rotatable bonds is 22. The molecule has 10 aromatic heterocycles. The van der Waals surface area contributed by atoms with Crippen LogP contribution in [0, 0.1) is 0 Å². The predicted molar refractivity (Wildman–Crippen MR) is 537 cm³/mol. The normalized spacial score (nSPS) is 15.0. The van der Waals surface area contributed by atoms with Gasteiger partial charge in [-0.1, -0.05) is 130 Å². The van der Waals surface area contributed by atoms with E-state index in [9.17, 15) is 46.7 Å². The molecule has 5 saturated carbocycles. The Morgan fingerprint density at radius 1 is 0.377 bits per heavy atom. The maximum absolute atomic E-state index is 13.2. The number of nitrogens with two attached hydrogens (primary N) is 6. The maximum Gasteiger partial charge on any atom is 0.421 e. The van der Waals surface area contributed by atoms with Crippen LogP contribution in [0.25, 0.3) is 53.9 Å². The summed E-state index contributed by atoms with van der Waals surface area (Å²) in [6.45, 7) is 9.50. The van der Waals surface area contributed by atoms with Crippen LogP contribution in [0.2, 0.25) is 35.4 Å². The van der Waals surface area contributed by atoms with Gasteiger partial charge in [0, 0.05) is 90.4 Å². The van der Waals surface area contributed by atoms with Crippen LogP contribution < -0.4 is 94.1 Å². The highest BCUT2D eigenvalue weighted by Gasteiger charge is 2.38. The summed E-state index contributed by atoms with van der Waals surface area (Å²) in [5.74, 6) is 0.267. The molecule has 0 unspecified atom stereocenters. The number of pyridine rings is 5. The number of anilines is 10. The van der Waals surface area contributed by atoms with Gasteiger partial charge >= 0.3 is 6.18 Å². The number of carbonyl (C=O) groups is 2. The molecule has 2 amide bonds. The third-order valence-corrected chi connectivity index (χ3v) is 25.8. The molecule has 20 rings (SSSR count). The van der Waals surface area contributed by atoms with E-state index in [1.54, 1.807) is 69.2 Å². The summed E-state index contributed by atoms with van der Waals surface area (Å²) in [6, 6.07) is 37.6. The first-order valence-electron chi connectivity index (χ1n) is 43.9. The van der Waals surface area contributed by atoms with Crippen LogP contribution in [0.15, 0.2) is 176 Å². The topological polar surface area (TPSA) is 501 Å². The quantitative estimate of drug-likeness (QED) is 0.0280. The minimum atomic E-state index is -4.63. The minimum absolute atomic E-state index is 0.0181. The maximum atomic E-state index is 13.2. The standard InChI is InChI=1S/C20H21ClN6O2.C19H17ClF3N5O.C19H19ClN6O2.2C18H17Cl2N5O/c1-10(25-17-13(18(28)23-2)9-24-20(22)26-17)15-8-11-4-3-5-14(21)16(11)19(29)27(15)12-6-7-12;1-9(26-18-25-8-12(16(24)27-18)19(21,22)23)14-7-10-3-2-4-13(20)15(10)17(29)28(14)11-5-6-11;1-9(24-17-12(16(21)27)8-23-19(22)25-17)14-7-10-3-2-4-13(20)15(10)18(28)26(14)11-5-6-11;1-9(23-16-13(20)8-22-18(21)24-16)14-7-10-3-2-4-12(19)15(10)17(26)25(14)11-5-6-11;1-9(22-15-8-14(21)23-18(20)24-15)13-7-10-3-2-4-12(19)16(10)17(26)25(13)11-5-6-11/h3-5,8-10,12H,6-7H2,1-2H3,(H,23,28)(H3,22,24,25,26);2-4,7-9,11H,5-6H2,1H3,(H3,24,25,26,27);2-4,7-9,11H,5-6H2,1H3,(H2,21,27)(H3,22,23,24,25);2*2-4,7-9,11H,5-6H2,1H3,(H3,21,22,23,24)/t10-;4*9-/m00000/s1. The molecule has 0 spiro atoms. The molecule has 18 N–H and O–H groups in total. The molecule has 5 atom stereocenters. The van der Waals surface area contributed by atoms with Gasteiger partial charge in [-0.15, -0.1) is 0 Å². The average molecular weight is 2020 g/mol. The number of nitrogen functional groups attached to an aromatic ring is 5. The molecular weight excluding hydrogens is 1920 g/mol. The van der Waals surface area contributed by atoms with E-state index < -0.39 is 29.5 Å². The molecule has 34 nitrogen and oxygen atoms in total. The highest BCUT2D eigenvalue weighted by Crippen LogP contribution is 2.45. The number of halogens is 10. The number of hydrogen-bond donors (Lipinski definition) is 12. The van der Waals surface area contributed by atoms with E-state index in [0.717, 1.165) is 109 Å². The molecule has 0 radical (unpaired) electrons. The number of nitrogens with zero attached hydrogens (tertiary/aromatic N) is 15. The Balaban J connectivity index is 0.000000125. The van der Waals surface area contributed by atoms with Gasteiger partial charge in [-0.05, 0) is 198 Å². The second-order valence-electron chi connectivity index (χ2n) is 34.0. The number of fused-ring (bicyclic) bond motifs is 5. The monoisotopic (exact) mass is 2010 g/mol. The van der Waals surface area contributed by atoms with Crippen LogP contribution in [-0.2, 0) is 6.18 Å². The number of aromatic nitrogens is 15. The lowest BCUT2D eigenvalue weighted by Crippen LogP contribution is -2.27. The lowest BCUT2D eigenvalue weighted by Gasteiger charge is -2.22. The number of hydrogen-bond acceptors (Lipinski definition) is 27. The Morgan fingerprint density at radius 2 is 0.681 bits per heavy atom. The van der Waals surface area contributed by atoms with Gasteiger partial charge in [0.05, 0.1) is 94.0 Å². The number of amides is 2. The van der Waals surface area contributed by atoms with Crippen LogP contribution >= 0.6 is 81.2 Å². The molecule has 138 heavy (non-hydrogen) atoms. The summed E-state index contributed by atoms with van der Waals surface area (Å²) < 4.78 is 47.5. The first-order valence-corrected chi connectivity index (χ1v) is 46.5. The van der Waals surface area contributed by atoms with Gasteiger partial charge in [-0.2, -0.15) is 33.1 Å². The highest BCUT2D eigenvalue weighted by molar-refractivity contribution is 6.37. The first-order chi connectivity index (χ1) is 65.8. The molecule has 0 aliphatic heterocycles. The smallest absolute Gasteiger partial charge is 0.383 e. The summed E-state index contributed by atoms with van der Waals surface area (Å²) >= 11 is 43.4. The average Bonchev–Trinajstić information content (AvgIpc) is 1.56. The number of alkyl halides is 3. The van der Waals surface area contributed by atoms with Gasteiger partial charge in [0.25, 0.3) is 39.6 Å². The molecule has 0 bridgehead atoms. The summed E-state index contributed by atoms with van der Waals surface area (Å²) in [4.78, 5) is 129. The van der Waals surface area contributed by atoms with Crippen LogP contribution in [0.5, 0.6) is 0 Å². The van der Waals surface area contributed by atoms with Crippen LogP contribution in [0.1, 0.15) is 214 Å². The largest absolute Gasteiger partial charge is 0.421 e. The Hall–Kier alpha value is -13.7. The van der Waals surface area contributed by atoms with Crippen molar-refractivity contribution < 1.29 is 22.8 Å². The van der Waals surface area contributed by atoms with Crippen molar-refractivity contribution in [3.8, 4) is 0 Å². The molecule has 0 saturated heterocycles. The third-order valence-electron chi connectivity index (χ3n) is 23.8. The summed E-state index contributed by atoms with van der Waals surface area (Å²) in [5, 5.41) is 27.5. The van der Waals surface area contributed by atoms with Crippen molar-refractivity contribution in [3.63, 3.8) is 0 Å². The Kier molecular flexibility index (Phi) is 28.3. The molecule has 5 aliphatic rings. The molecule has 5 aliphatic carbocycles. The predicted octanol–water partition coefficient (Wildman–Crippen LogP) is 18.5. The Labute approximate surface area is 818 Å². The minimum Gasteiger partial charge on any atom is -0.383 e. The molecule has 5 fully saturated rings. The molecule has 44 heteroatoms. The van der Waals surface area contributed by atoms with Gasteiger partial charge in [-0.3, -0.25) is 33.6 Å². The van der Waals surface area contributed by atoms with Crippen molar-refractivity contribution in [2.75, 3.05) is 62.3 Å². The summed E-state index contributed by atoms with van der Waals surface area (Å²) in [5.41, 5.74) is 36.4. The van der Waals surface area contributed by atoms with Gasteiger partial charge in [-0.25, -0.2) is 29.9 Å². The van der Waals surface area contributed by atoms with E-state index in [4.69, 9.17) is 116 Å². The highest BCUT2D eigenvalue weighted by atomic mass is 35.5. The van der Waals surface area contributed by atoms with Crippen LogP contribution in [-0.4, -0.2) is 91.5 Å². The van der Waals surface area contributed by atoms with Gasteiger partial charge in [0.15, 0.2) is 5.82 Å². The van der Waals surface area contributed by atoms with Crippen LogP contribution in [0.3, 0.4) is 0 Å². The van der Waals surface area contributed by atoms with Crippen molar-refractivity contribution in [1.29, 1.82) is 0 Å². The van der Waals surface area contributed by atoms with E-state index in [2.05, 4.69) is 81.7 Å². The van der Waals surface area contributed by atoms with Crippen LogP contribution in [0.4, 0.5) is 71.9 Å². The van der Waals surface area contributed by atoms with Crippen molar-refractivity contribution >= 4 is 206 Å². The van der Waals surface area contributed by atoms with E-state index in [0.29, 0.717) is 91.8 Å². The fourth-order valence-corrected chi connectivity index (χ4v) is 18.2. The van der Waals surface area contributed by atoms with Crippen molar-refractivity contribution in [1.82, 2.24) is 78.0 Å². The van der Waals surface area contributed by atoms with Gasteiger partial charge in [0.2, 0.25) is 29.1 Å². The summed E-state index contributed by atoms with van der Waals surface area (Å²) in [6.07, 6.45) is 9.58. The second kappa shape index (κ2) is 40.2. The van der Waals surface area contributed by atoms with E-state index >= 15 is 0 Å². The molecule has 5 aromatic carbocycles. The van der Waals surface area contributed by atoms with Gasteiger partial charge in [0.1, 0.15) is 45.2 Å². The molecule has 10 heterocycles. The van der Waals surface area contributed by atoms with Crippen molar-refractivity contribution in [2.24, 2.45) is 5.73 Å². The summed E-state index contributed by atoms with van der Waals surface area (Å²) in [7, 11) is 1.53. The fourth-order valence-electron chi connectivity index (χ4n) is 16.5. The number of benzene rings is 5. The fraction of sp³-hybridized carbons (Fsp3) is 0.287. The van der Waals surface area contributed by atoms with E-state index in [1.807, 2.05) is 116 Å². The molecule has 15 aromatic rings. The second-order valence-corrected chi connectivity index (χ2v) is 36.8. The first kappa shape index (κ1) is 97.4. The lowest BCUT2D eigenvalue weighted by atomic mass is 10.1. The van der Waals surface area contributed by atoms with E-state index in [-0.39, 0.29) is 140 Å². The molecule has 714 valence electrons. The lowest BCUT2D eigenvalue weighted by molar-refractivity contribution is -0.137. The Morgan fingerprint density at radius 3 is 0.993 bits per heavy atom. The zero-order valence-electron chi connectivity index (χ0n) is 74.6. The third kappa shape index (κ3) is 21.2. The zero-order chi connectivity index (χ0) is 98.5. The zero-order valence-corrected chi connectivity index (χ0v) is 79.9. The van der Waals surface area contributed by atoms with Crippen molar-refractivity contribution in [2.45, 2.75) is 165 Å². The Bertz CT molecular complexity index is 7660. The number of nitrogens with one attached hydrogen (secondary N) is 6. The van der Waals surface area contributed by atoms with Crippen molar-refractivity contribution in [3.05, 3.63) is 285 Å². The number of primary amides is 1. The molecular formula is C94H91Cl7F3N27O7. The SMILES string of the molecule is CNC(=O)c1cnc(N)nc1N[C@@H](C)c1cc2cccc(Cl)c2c(=O)n1C1CC1.C[C@H](Nc1cc(N)nc(Cl)n1)c1cc2cccc(Cl)c2c(=O)n1C1CC1.C[C@H](Nc1nc(N)ncc1C(N)=O)c1cc2cccc(Cl)c2c(=O)n1C1CC1.C[C@H](Nc1nc(N)ncc1Cl)c1cc2cccc(Cl)c2c(=O)n1C1CC1.C[C@H](Nc1ncc(C(F)(F)F)c(N)n1)c1cc2cccc(Cl)c2c(=O)n1C1CC1. The van der Waals surface area contributed by atoms with Gasteiger partial charge < -0.3 is 89.1 Å². The van der Waals surface area contributed by atoms with E-state index in [1.165, 1.54) is 25.6 Å².